The van der Waals surface area contributed by atoms with Crippen molar-refractivity contribution in [1.82, 2.24) is 4.98 Å². The molecule has 0 amide bonds. The molecule has 0 bridgehead atoms. The van der Waals surface area contributed by atoms with Crippen LogP contribution in [0.5, 0.6) is 0 Å². The molecule has 0 unspecified atom stereocenters. The minimum atomic E-state index is 0. The summed E-state index contributed by atoms with van der Waals surface area (Å²) in [6, 6.07) is 14.6. The van der Waals surface area contributed by atoms with Crippen molar-refractivity contribution in [2.75, 3.05) is 0 Å². The molecule has 19 heavy (non-hydrogen) atoms. The lowest BCUT2D eigenvalue weighted by atomic mass is 9.90. The van der Waals surface area contributed by atoms with E-state index in [1.54, 1.807) is 0 Å². The summed E-state index contributed by atoms with van der Waals surface area (Å²) in [7, 11) is 0. The maximum Gasteiger partial charge on any atom is 0.0665 e. The molecule has 2 nitrogen and oxygen atoms in total. The van der Waals surface area contributed by atoms with Crippen molar-refractivity contribution in [3.8, 4) is 0 Å². The first-order valence-corrected chi connectivity index (χ1v) is 6.31. The molecule has 2 N–H and O–H groups in total. The number of pyridine rings is 1. The number of benzene rings is 1. The Bertz CT molecular complexity index is 605. The molecule has 0 atom stereocenters. The van der Waals surface area contributed by atoms with E-state index in [1.807, 2.05) is 12.1 Å². The number of hydrogen-bond donors (Lipinski definition) is 1. The summed E-state index contributed by atoms with van der Waals surface area (Å²) in [4.78, 5) is 4.59. The predicted molar refractivity (Wildman–Crippen MR) is 82.0 cm³/mol. The van der Waals surface area contributed by atoms with E-state index in [4.69, 9.17) is 5.73 Å². The summed E-state index contributed by atoms with van der Waals surface area (Å²) < 4.78 is 0. The Balaban J connectivity index is 0.00000133. The highest BCUT2D eigenvalue weighted by molar-refractivity contribution is 5.85. The highest BCUT2D eigenvalue weighted by Crippen LogP contribution is 2.29. The third kappa shape index (κ3) is 2.86. The highest BCUT2D eigenvalue weighted by Gasteiger charge is 2.12. The summed E-state index contributed by atoms with van der Waals surface area (Å²) in [5, 5.41) is 0. The van der Waals surface area contributed by atoms with Gasteiger partial charge in [0.2, 0.25) is 0 Å². The Labute approximate surface area is 119 Å². The monoisotopic (exact) mass is 272 g/mol. The molecule has 1 aromatic heterocycles. The molecule has 1 heterocycles. The van der Waals surface area contributed by atoms with E-state index in [2.05, 4.69) is 41.4 Å². The second-order valence-corrected chi connectivity index (χ2v) is 4.59. The van der Waals surface area contributed by atoms with Gasteiger partial charge in [0.05, 0.1) is 11.4 Å². The minimum absolute atomic E-state index is 0. The Morgan fingerprint density at radius 1 is 1.00 bits per heavy atom. The fraction of sp³-hybridized carbons (Fsp3) is 0.188. The summed E-state index contributed by atoms with van der Waals surface area (Å²) in [6.07, 6.45) is 4.40. The van der Waals surface area contributed by atoms with Crippen molar-refractivity contribution < 1.29 is 0 Å². The van der Waals surface area contributed by atoms with Crippen molar-refractivity contribution in [2.24, 2.45) is 5.73 Å². The quantitative estimate of drug-likeness (QED) is 0.909. The standard InChI is InChI=1S/C16H16N2.ClH/c17-11-15-6-3-7-16(18-15)14-9-8-12-4-1-2-5-13(12)10-14;/h1-7,10H,8-9,11,17H2;1H. The van der Waals surface area contributed by atoms with Crippen LogP contribution in [0.15, 0.2) is 42.5 Å². The third-order valence-electron chi connectivity index (χ3n) is 3.39. The van der Waals surface area contributed by atoms with Gasteiger partial charge in [-0.3, -0.25) is 4.98 Å². The third-order valence-corrected chi connectivity index (χ3v) is 3.39. The van der Waals surface area contributed by atoms with Gasteiger partial charge < -0.3 is 5.73 Å². The normalized spacial score (nSPS) is 13.2. The number of allylic oxidation sites excluding steroid dienone is 1. The lowest BCUT2D eigenvalue weighted by Crippen LogP contribution is -2.04. The Kier molecular flexibility index (Phi) is 4.35. The fourth-order valence-corrected chi connectivity index (χ4v) is 2.41. The zero-order valence-electron chi connectivity index (χ0n) is 10.7. The highest BCUT2D eigenvalue weighted by atomic mass is 35.5. The Morgan fingerprint density at radius 2 is 1.84 bits per heavy atom. The summed E-state index contributed by atoms with van der Waals surface area (Å²) in [5.41, 5.74) is 11.7. The molecule has 0 radical (unpaired) electrons. The first-order chi connectivity index (χ1) is 8.86. The van der Waals surface area contributed by atoms with E-state index in [0.717, 1.165) is 24.2 Å². The van der Waals surface area contributed by atoms with E-state index >= 15 is 0 Å². The first-order valence-electron chi connectivity index (χ1n) is 6.31. The molecule has 0 saturated carbocycles. The molecule has 3 heteroatoms. The van der Waals surface area contributed by atoms with Crippen molar-refractivity contribution in [3.05, 3.63) is 65.0 Å². The van der Waals surface area contributed by atoms with E-state index in [-0.39, 0.29) is 12.4 Å². The summed E-state index contributed by atoms with van der Waals surface area (Å²) in [5.74, 6) is 0. The van der Waals surface area contributed by atoms with E-state index in [9.17, 15) is 0 Å². The van der Waals surface area contributed by atoms with Crippen molar-refractivity contribution >= 4 is 24.1 Å². The maximum atomic E-state index is 5.64. The SMILES string of the molecule is Cl.NCc1cccc(C2=Cc3ccccc3CC2)n1. The van der Waals surface area contributed by atoms with Crippen LogP contribution in [0.4, 0.5) is 0 Å². The van der Waals surface area contributed by atoms with Gasteiger partial charge in [0.25, 0.3) is 0 Å². The smallest absolute Gasteiger partial charge is 0.0665 e. The van der Waals surface area contributed by atoms with Crippen LogP contribution < -0.4 is 5.73 Å². The van der Waals surface area contributed by atoms with Gasteiger partial charge in [-0.1, -0.05) is 30.3 Å². The zero-order valence-corrected chi connectivity index (χ0v) is 11.5. The van der Waals surface area contributed by atoms with Gasteiger partial charge in [0.1, 0.15) is 0 Å². The maximum absolute atomic E-state index is 5.64. The van der Waals surface area contributed by atoms with Gasteiger partial charge in [0.15, 0.2) is 0 Å². The second-order valence-electron chi connectivity index (χ2n) is 4.59. The Hall–Kier alpha value is -1.64. The summed E-state index contributed by atoms with van der Waals surface area (Å²) in [6.45, 7) is 0.498. The molecular weight excluding hydrogens is 256 g/mol. The van der Waals surface area contributed by atoms with Gasteiger partial charge in [0, 0.05) is 6.54 Å². The zero-order chi connectivity index (χ0) is 12.4. The van der Waals surface area contributed by atoms with Crippen LogP contribution in [0.3, 0.4) is 0 Å². The molecule has 1 aromatic carbocycles. The molecule has 1 aliphatic rings. The second kappa shape index (κ2) is 6.00. The number of rotatable bonds is 2. The molecule has 0 aliphatic heterocycles. The Morgan fingerprint density at radius 3 is 2.68 bits per heavy atom. The summed E-state index contributed by atoms with van der Waals surface area (Å²) >= 11 is 0. The largest absolute Gasteiger partial charge is 0.325 e. The molecule has 0 saturated heterocycles. The van der Waals surface area contributed by atoms with Gasteiger partial charge in [-0.05, 0) is 47.8 Å². The predicted octanol–water partition coefficient (Wildman–Crippen LogP) is 3.45. The lowest BCUT2D eigenvalue weighted by Gasteiger charge is -2.16. The van der Waals surface area contributed by atoms with Crippen LogP contribution >= 0.6 is 12.4 Å². The van der Waals surface area contributed by atoms with E-state index in [0.29, 0.717) is 6.54 Å². The van der Waals surface area contributed by atoms with Crippen molar-refractivity contribution in [3.63, 3.8) is 0 Å². The number of halogens is 1. The van der Waals surface area contributed by atoms with Crippen molar-refractivity contribution in [2.45, 2.75) is 19.4 Å². The first kappa shape index (κ1) is 13.8. The molecular formula is C16H17ClN2. The number of fused-ring (bicyclic) bond motifs is 1. The number of nitrogens with zero attached hydrogens (tertiary/aromatic N) is 1. The molecule has 0 fully saturated rings. The number of nitrogens with two attached hydrogens (primary N) is 1. The number of hydrogen-bond acceptors (Lipinski definition) is 2. The van der Waals surface area contributed by atoms with Crippen LogP contribution in [-0.4, -0.2) is 4.98 Å². The van der Waals surface area contributed by atoms with Crippen LogP contribution in [-0.2, 0) is 13.0 Å². The molecule has 0 spiro atoms. The van der Waals surface area contributed by atoms with Crippen LogP contribution in [0.2, 0.25) is 0 Å². The number of aryl methyl sites for hydroxylation is 1. The van der Waals surface area contributed by atoms with Crippen LogP contribution in [0.1, 0.15) is 28.9 Å². The molecule has 1 aliphatic carbocycles. The average molecular weight is 273 g/mol. The molecule has 3 rings (SSSR count). The number of aromatic nitrogens is 1. The van der Waals surface area contributed by atoms with Crippen LogP contribution in [0, 0.1) is 0 Å². The van der Waals surface area contributed by atoms with Gasteiger partial charge >= 0.3 is 0 Å². The molecule has 2 aromatic rings. The topological polar surface area (TPSA) is 38.9 Å². The fourth-order valence-electron chi connectivity index (χ4n) is 2.41. The van der Waals surface area contributed by atoms with Crippen molar-refractivity contribution in [1.29, 1.82) is 0 Å². The van der Waals surface area contributed by atoms with E-state index in [1.165, 1.54) is 16.7 Å². The average Bonchev–Trinajstić information content (AvgIpc) is 2.47. The lowest BCUT2D eigenvalue weighted by molar-refractivity contribution is 0.956. The van der Waals surface area contributed by atoms with E-state index < -0.39 is 0 Å². The van der Waals surface area contributed by atoms with Gasteiger partial charge in [-0.2, -0.15) is 0 Å². The van der Waals surface area contributed by atoms with Gasteiger partial charge in [-0.25, -0.2) is 0 Å². The van der Waals surface area contributed by atoms with Crippen LogP contribution in [0.25, 0.3) is 11.6 Å². The minimum Gasteiger partial charge on any atom is -0.325 e. The van der Waals surface area contributed by atoms with Gasteiger partial charge in [-0.15, -0.1) is 12.4 Å². The molecule has 98 valence electrons.